The lowest BCUT2D eigenvalue weighted by atomic mass is 9.86. The standard InChI is InChI=1S/C33H25N5O2/c1-20-15-17-21(18-16-20)19-27-31(39)35-29(28(34-27)22-9-3-2-4-10-22)30-36-32(40)33(38-37-30)25-13-7-5-11-23(25)24-12-6-8-14-26(24)33/h2-19,29,38H,1H3,(H,35,39)(H,36,37,40)/b27-19+. The predicted octanol–water partition coefficient (Wildman–Crippen LogP) is 4.28. The van der Waals surface area contributed by atoms with Crippen molar-refractivity contribution < 1.29 is 9.59 Å². The molecule has 194 valence electrons. The van der Waals surface area contributed by atoms with Crippen LogP contribution in [0.3, 0.4) is 0 Å². The molecule has 40 heavy (non-hydrogen) atoms. The van der Waals surface area contributed by atoms with E-state index in [-0.39, 0.29) is 23.3 Å². The lowest BCUT2D eigenvalue weighted by Crippen LogP contribution is -2.64. The molecule has 2 amide bonds. The first-order valence-electron chi connectivity index (χ1n) is 13.1. The van der Waals surface area contributed by atoms with E-state index >= 15 is 0 Å². The van der Waals surface area contributed by atoms with Crippen LogP contribution in [0.25, 0.3) is 17.2 Å². The second-order valence-electron chi connectivity index (χ2n) is 10.1. The highest BCUT2D eigenvalue weighted by molar-refractivity contribution is 6.26. The molecular formula is C33H25N5O2. The molecule has 1 unspecified atom stereocenters. The summed E-state index contributed by atoms with van der Waals surface area (Å²) in [6.45, 7) is 2.01. The molecular weight excluding hydrogens is 498 g/mol. The molecule has 0 aromatic heterocycles. The summed E-state index contributed by atoms with van der Waals surface area (Å²) in [5.74, 6) is -0.334. The molecule has 1 spiro atoms. The second-order valence-corrected chi connectivity index (χ2v) is 10.1. The summed E-state index contributed by atoms with van der Waals surface area (Å²) < 4.78 is 0. The third kappa shape index (κ3) is 3.66. The zero-order chi connectivity index (χ0) is 27.3. The summed E-state index contributed by atoms with van der Waals surface area (Å²) in [6.07, 6.45) is 1.76. The maximum atomic E-state index is 14.0. The Balaban J connectivity index is 1.31. The quantitative estimate of drug-likeness (QED) is 0.350. The molecule has 7 rings (SSSR count). The van der Waals surface area contributed by atoms with Gasteiger partial charge in [0.25, 0.3) is 11.8 Å². The number of carbonyl (C=O) groups excluding carboxylic acids is 2. The molecule has 7 heteroatoms. The van der Waals surface area contributed by atoms with Crippen molar-refractivity contribution in [1.29, 1.82) is 0 Å². The zero-order valence-corrected chi connectivity index (χ0v) is 21.7. The van der Waals surface area contributed by atoms with Crippen LogP contribution in [0.1, 0.15) is 27.8 Å². The van der Waals surface area contributed by atoms with Gasteiger partial charge in [0.15, 0.2) is 11.4 Å². The van der Waals surface area contributed by atoms with E-state index in [0.717, 1.165) is 38.9 Å². The van der Waals surface area contributed by atoms with Crippen molar-refractivity contribution in [3.05, 3.63) is 137 Å². The fourth-order valence-corrected chi connectivity index (χ4v) is 5.64. The average Bonchev–Trinajstić information content (AvgIpc) is 3.27. The number of aliphatic imine (C=N–C) groups is 1. The number of hydrogen-bond donors (Lipinski definition) is 3. The Kier molecular flexibility index (Phi) is 5.45. The maximum Gasteiger partial charge on any atom is 0.270 e. The molecule has 0 saturated carbocycles. The van der Waals surface area contributed by atoms with Crippen molar-refractivity contribution in [3.8, 4) is 11.1 Å². The van der Waals surface area contributed by atoms with Crippen LogP contribution in [0.5, 0.6) is 0 Å². The number of amidine groups is 1. The van der Waals surface area contributed by atoms with Gasteiger partial charge in [0.2, 0.25) is 0 Å². The molecule has 1 atom stereocenters. The Bertz CT molecular complexity index is 1720. The molecule has 3 N–H and O–H groups in total. The predicted molar refractivity (Wildman–Crippen MR) is 155 cm³/mol. The monoisotopic (exact) mass is 523 g/mol. The molecule has 4 aromatic carbocycles. The maximum absolute atomic E-state index is 14.0. The Hall–Kier alpha value is -5.30. The van der Waals surface area contributed by atoms with Gasteiger partial charge in [0.05, 0.1) is 5.71 Å². The van der Waals surface area contributed by atoms with Gasteiger partial charge in [-0.15, -0.1) is 0 Å². The lowest BCUT2D eigenvalue weighted by molar-refractivity contribution is -0.125. The van der Waals surface area contributed by atoms with Crippen molar-refractivity contribution in [2.75, 3.05) is 0 Å². The molecule has 7 nitrogen and oxygen atoms in total. The number of amides is 2. The van der Waals surface area contributed by atoms with Crippen molar-refractivity contribution in [1.82, 2.24) is 16.1 Å². The molecule has 0 radical (unpaired) electrons. The number of hydrazone groups is 1. The molecule has 2 heterocycles. The van der Waals surface area contributed by atoms with Gasteiger partial charge in [-0.3, -0.25) is 15.0 Å². The van der Waals surface area contributed by atoms with Crippen LogP contribution >= 0.6 is 0 Å². The summed E-state index contributed by atoms with van der Waals surface area (Å²) in [7, 11) is 0. The molecule has 0 saturated heterocycles. The number of nitrogens with zero attached hydrogens (tertiary/aromatic N) is 2. The number of nitrogens with one attached hydrogen (secondary N) is 3. The van der Waals surface area contributed by atoms with Crippen molar-refractivity contribution in [3.63, 3.8) is 0 Å². The molecule has 2 aliphatic heterocycles. The zero-order valence-electron chi connectivity index (χ0n) is 21.7. The topological polar surface area (TPSA) is 94.9 Å². The van der Waals surface area contributed by atoms with Gasteiger partial charge < -0.3 is 10.6 Å². The minimum absolute atomic E-state index is 0.266. The van der Waals surface area contributed by atoms with E-state index in [1.165, 1.54) is 0 Å². The Labute approximate surface area is 231 Å². The number of fused-ring (bicyclic) bond motifs is 5. The fraction of sp³-hybridized carbons (Fsp3) is 0.0909. The number of carbonyl (C=O) groups is 2. The highest BCUT2D eigenvalue weighted by Crippen LogP contribution is 2.48. The van der Waals surface area contributed by atoms with E-state index in [1.807, 2.05) is 110 Å². The van der Waals surface area contributed by atoms with E-state index in [2.05, 4.69) is 21.2 Å². The normalized spacial score (nSPS) is 19.6. The number of benzene rings is 4. The third-order valence-electron chi connectivity index (χ3n) is 7.62. The van der Waals surface area contributed by atoms with Gasteiger partial charge in [0, 0.05) is 11.1 Å². The van der Waals surface area contributed by atoms with Crippen molar-refractivity contribution in [2.24, 2.45) is 10.1 Å². The minimum atomic E-state index is -1.17. The van der Waals surface area contributed by atoms with Gasteiger partial charge in [-0.05, 0) is 35.3 Å². The largest absolute Gasteiger partial charge is 0.335 e. The molecule has 0 bridgehead atoms. The highest BCUT2D eigenvalue weighted by Gasteiger charge is 2.52. The smallest absolute Gasteiger partial charge is 0.270 e. The Morgan fingerprint density at radius 1 is 0.775 bits per heavy atom. The lowest BCUT2D eigenvalue weighted by Gasteiger charge is -2.36. The first-order valence-corrected chi connectivity index (χ1v) is 13.1. The highest BCUT2D eigenvalue weighted by atomic mass is 16.2. The molecule has 4 aromatic rings. The second kappa shape index (κ2) is 9.17. The number of hydrogen-bond acceptors (Lipinski definition) is 5. The van der Waals surface area contributed by atoms with E-state index < -0.39 is 11.6 Å². The van der Waals surface area contributed by atoms with Crippen LogP contribution in [-0.4, -0.2) is 29.4 Å². The number of aryl methyl sites for hydroxylation is 1. The van der Waals surface area contributed by atoms with E-state index in [4.69, 9.17) is 4.99 Å². The van der Waals surface area contributed by atoms with Gasteiger partial charge in [0.1, 0.15) is 11.7 Å². The number of rotatable bonds is 3. The van der Waals surface area contributed by atoms with E-state index in [9.17, 15) is 9.59 Å². The van der Waals surface area contributed by atoms with Crippen molar-refractivity contribution in [2.45, 2.75) is 18.5 Å². The molecule has 1 aliphatic carbocycles. The van der Waals surface area contributed by atoms with E-state index in [0.29, 0.717) is 5.71 Å². The molecule has 0 fully saturated rings. The SMILES string of the molecule is Cc1ccc(/C=C2/N=C(c3ccccc3)C(C3=NNC4(C(=O)N3)c3ccccc3-c3ccccc34)NC2=O)cc1. The van der Waals surface area contributed by atoms with Crippen molar-refractivity contribution >= 4 is 29.4 Å². The van der Waals surface area contributed by atoms with Gasteiger partial charge in [-0.25, -0.2) is 4.99 Å². The van der Waals surface area contributed by atoms with Crippen LogP contribution < -0.4 is 16.1 Å². The van der Waals surface area contributed by atoms with Gasteiger partial charge in [-0.1, -0.05) is 109 Å². The van der Waals surface area contributed by atoms with Gasteiger partial charge >= 0.3 is 0 Å². The third-order valence-corrected chi connectivity index (χ3v) is 7.62. The van der Waals surface area contributed by atoms with Crippen LogP contribution in [-0.2, 0) is 15.1 Å². The Morgan fingerprint density at radius 3 is 2.05 bits per heavy atom. The minimum Gasteiger partial charge on any atom is -0.335 e. The summed E-state index contributed by atoms with van der Waals surface area (Å²) in [5, 5.41) is 10.7. The van der Waals surface area contributed by atoms with Crippen LogP contribution in [0, 0.1) is 6.92 Å². The summed E-state index contributed by atoms with van der Waals surface area (Å²) in [4.78, 5) is 32.1. The summed E-state index contributed by atoms with van der Waals surface area (Å²) in [6, 6.07) is 32.4. The summed E-state index contributed by atoms with van der Waals surface area (Å²) in [5.41, 5.74) is 9.37. The van der Waals surface area contributed by atoms with Crippen LogP contribution in [0.15, 0.2) is 119 Å². The first-order chi connectivity index (χ1) is 19.5. The fourth-order valence-electron chi connectivity index (χ4n) is 5.64. The van der Waals surface area contributed by atoms with Crippen LogP contribution in [0.4, 0.5) is 0 Å². The van der Waals surface area contributed by atoms with Crippen LogP contribution in [0.2, 0.25) is 0 Å². The first kappa shape index (κ1) is 23.8. The van der Waals surface area contributed by atoms with Gasteiger partial charge in [-0.2, -0.15) is 5.10 Å². The summed E-state index contributed by atoms with van der Waals surface area (Å²) >= 11 is 0. The van der Waals surface area contributed by atoms with E-state index in [1.54, 1.807) is 6.08 Å². The molecule has 3 aliphatic rings. The Morgan fingerprint density at radius 2 is 1.40 bits per heavy atom. The average molecular weight is 524 g/mol.